The molecule has 4 heteroatoms. The van der Waals surface area contributed by atoms with Crippen LogP contribution < -0.4 is 5.32 Å². The van der Waals surface area contributed by atoms with Gasteiger partial charge in [-0.2, -0.15) is 0 Å². The van der Waals surface area contributed by atoms with E-state index in [0.717, 1.165) is 13.0 Å². The number of hydrogen-bond acceptors (Lipinski definition) is 3. The number of ether oxygens (including phenoxy) is 2. The molecule has 0 heterocycles. The van der Waals surface area contributed by atoms with E-state index in [1.807, 2.05) is 41.5 Å². The Morgan fingerprint density at radius 3 is 2.00 bits per heavy atom. The van der Waals surface area contributed by atoms with Crippen molar-refractivity contribution in [2.45, 2.75) is 54.4 Å². The summed E-state index contributed by atoms with van der Waals surface area (Å²) in [6, 6.07) is 0. The Kier molecular flexibility index (Phi) is 31.7. The molecular weight excluding hydrogens is 230 g/mol. The van der Waals surface area contributed by atoms with Crippen molar-refractivity contribution < 1.29 is 14.3 Å². The first-order chi connectivity index (χ1) is 8.81. The first kappa shape index (κ1) is 22.6. The molecule has 0 aliphatic rings. The summed E-state index contributed by atoms with van der Waals surface area (Å²) in [6.07, 6.45) is 1.48. The van der Waals surface area contributed by atoms with E-state index in [1.54, 1.807) is 0 Å². The quantitative estimate of drug-likeness (QED) is 0.651. The monoisotopic (exact) mass is 263 g/mol. The van der Waals surface area contributed by atoms with Crippen LogP contribution in [-0.4, -0.2) is 38.9 Å². The normalized spacial score (nSPS) is 8.56. The van der Waals surface area contributed by atoms with Crippen molar-refractivity contribution in [3.05, 3.63) is 0 Å². The van der Waals surface area contributed by atoms with Crippen molar-refractivity contribution in [3.63, 3.8) is 0 Å². The van der Waals surface area contributed by atoms with E-state index in [0.29, 0.717) is 32.8 Å². The van der Waals surface area contributed by atoms with Crippen molar-refractivity contribution in [1.29, 1.82) is 0 Å². The van der Waals surface area contributed by atoms with Gasteiger partial charge < -0.3 is 14.8 Å². The fourth-order valence-electron chi connectivity index (χ4n) is 0.942. The van der Waals surface area contributed by atoms with Crippen molar-refractivity contribution in [2.24, 2.45) is 0 Å². The first-order valence-electron chi connectivity index (χ1n) is 7.23. The van der Waals surface area contributed by atoms with Crippen LogP contribution in [0.4, 0.5) is 0 Å². The second-order valence-electron chi connectivity index (χ2n) is 2.91. The largest absolute Gasteiger partial charge is 0.379 e. The zero-order chi connectivity index (χ0) is 14.6. The lowest BCUT2D eigenvalue weighted by molar-refractivity contribution is -0.121. The van der Waals surface area contributed by atoms with Gasteiger partial charge in [0.25, 0.3) is 0 Å². The van der Waals surface area contributed by atoms with Crippen LogP contribution in [0.15, 0.2) is 0 Å². The molecule has 1 amide bonds. The zero-order valence-corrected chi connectivity index (χ0v) is 13.2. The fraction of sp³-hybridized carbons (Fsp3) is 0.929. The molecule has 0 radical (unpaired) electrons. The number of hydrogen-bond donors (Lipinski definition) is 1. The molecule has 0 saturated heterocycles. The van der Waals surface area contributed by atoms with Crippen LogP contribution in [0.2, 0.25) is 0 Å². The maximum absolute atomic E-state index is 11.0. The van der Waals surface area contributed by atoms with Crippen molar-refractivity contribution in [3.8, 4) is 0 Å². The van der Waals surface area contributed by atoms with E-state index in [2.05, 4.69) is 5.32 Å². The minimum atomic E-state index is 0.0981. The number of amides is 1. The molecule has 0 aromatic rings. The Morgan fingerprint density at radius 1 is 0.944 bits per heavy atom. The second-order valence-corrected chi connectivity index (χ2v) is 2.91. The van der Waals surface area contributed by atoms with E-state index in [-0.39, 0.29) is 5.91 Å². The molecule has 0 aromatic heterocycles. The van der Waals surface area contributed by atoms with Crippen LogP contribution in [0, 0.1) is 0 Å². The van der Waals surface area contributed by atoms with Gasteiger partial charge in [-0.15, -0.1) is 0 Å². The molecule has 18 heavy (non-hydrogen) atoms. The smallest absolute Gasteiger partial charge is 0.220 e. The second kappa shape index (κ2) is 25.3. The van der Waals surface area contributed by atoms with Crippen molar-refractivity contribution in [2.75, 3.05) is 33.0 Å². The average Bonchev–Trinajstić information content (AvgIpc) is 2.43. The Hall–Kier alpha value is -0.610. The Labute approximate surface area is 113 Å². The average molecular weight is 263 g/mol. The van der Waals surface area contributed by atoms with Gasteiger partial charge in [-0.3, -0.25) is 4.79 Å². The van der Waals surface area contributed by atoms with Crippen LogP contribution in [0.1, 0.15) is 54.4 Å². The van der Waals surface area contributed by atoms with Gasteiger partial charge in [0.05, 0.1) is 19.8 Å². The Bertz CT molecular complexity index is 141. The molecule has 0 unspecified atom stereocenters. The van der Waals surface area contributed by atoms with E-state index >= 15 is 0 Å². The van der Waals surface area contributed by atoms with Gasteiger partial charge in [0.15, 0.2) is 0 Å². The minimum absolute atomic E-state index is 0.0981. The maximum Gasteiger partial charge on any atom is 0.220 e. The van der Waals surface area contributed by atoms with Crippen LogP contribution in [-0.2, 0) is 14.3 Å². The molecule has 0 spiro atoms. The third-order valence-electron chi connectivity index (χ3n) is 1.62. The highest BCUT2D eigenvalue weighted by atomic mass is 16.5. The molecule has 0 saturated carbocycles. The van der Waals surface area contributed by atoms with Gasteiger partial charge in [0.2, 0.25) is 5.91 Å². The number of carbonyl (C=O) groups is 1. The molecule has 0 bridgehead atoms. The van der Waals surface area contributed by atoms with Gasteiger partial charge in [0, 0.05) is 19.6 Å². The molecule has 0 fully saturated rings. The predicted molar refractivity (Wildman–Crippen MR) is 77.9 cm³/mol. The molecule has 0 rings (SSSR count). The van der Waals surface area contributed by atoms with Crippen molar-refractivity contribution >= 4 is 5.91 Å². The third kappa shape index (κ3) is 24.6. The van der Waals surface area contributed by atoms with Gasteiger partial charge in [0.1, 0.15) is 0 Å². The molecule has 0 atom stereocenters. The van der Waals surface area contributed by atoms with E-state index in [1.165, 1.54) is 0 Å². The summed E-state index contributed by atoms with van der Waals surface area (Å²) in [5.74, 6) is 0.0981. The number of nitrogens with one attached hydrogen (secondary N) is 1. The summed E-state index contributed by atoms with van der Waals surface area (Å²) in [6.45, 7) is 15.0. The summed E-state index contributed by atoms with van der Waals surface area (Å²) in [4.78, 5) is 11.0. The van der Waals surface area contributed by atoms with E-state index < -0.39 is 0 Å². The molecular formula is C14H33NO3. The first-order valence-corrected chi connectivity index (χ1v) is 7.23. The Balaban J connectivity index is -0.000000506. The molecule has 1 N–H and O–H groups in total. The lowest BCUT2D eigenvalue weighted by Gasteiger charge is -2.05. The number of carbonyl (C=O) groups excluding carboxylic acids is 1. The highest BCUT2D eigenvalue weighted by molar-refractivity contribution is 5.75. The van der Waals surface area contributed by atoms with Crippen molar-refractivity contribution in [1.82, 2.24) is 5.32 Å². The molecule has 0 aliphatic carbocycles. The lowest BCUT2D eigenvalue weighted by Crippen LogP contribution is -2.27. The third-order valence-corrected chi connectivity index (χ3v) is 1.62. The van der Waals surface area contributed by atoms with Gasteiger partial charge in [-0.05, 0) is 13.3 Å². The van der Waals surface area contributed by atoms with Gasteiger partial charge in [-0.1, -0.05) is 34.6 Å². The predicted octanol–water partition coefficient (Wildman–Crippen LogP) is 3.01. The highest BCUT2D eigenvalue weighted by Crippen LogP contribution is 1.85. The SMILES string of the molecule is CC.CC.CCCC(=O)NCCOCCOCC. The summed E-state index contributed by atoms with van der Waals surface area (Å²) in [5, 5.41) is 2.77. The topological polar surface area (TPSA) is 47.6 Å². The van der Waals surface area contributed by atoms with Crippen LogP contribution in [0.3, 0.4) is 0 Å². The highest BCUT2D eigenvalue weighted by Gasteiger charge is 1.96. The van der Waals surface area contributed by atoms with Gasteiger partial charge >= 0.3 is 0 Å². The maximum atomic E-state index is 11.0. The van der Waals surface area contributed by atoms with Crippen LogP contribution >= 0.6 is 0 Å². The minimum Gasteiger partial charge on any atom is -0.379 e. The fourth-order valence-corrected chi connectivity index (χ4v) is 0.942. The van der Waals surface area contributed by atoms with Crippen LogP contribution in [0.25, 0.3) is 0 Å². The summed E-state index contributed by atoms with van der Waals surface area (Å²) >= 11 is 0. The molecule has 0 aliphatic heterocycles. The molecule has 4 nitrogen and oxygen atoms in total. The van der Waals surface area contributed by atoms with Gasteiger partial charge in [-0.25, -0.2) is 0 Å². The zero-order valence-electron chi connectivity index (χ0n) is 13.2. The standard InChI is InChI=1S/C10H21NO3.2C2H6/c1-3-5-10(12)11-6-7-14-9-8-13-4-2;2*1-2/h3-9H2,1-2H3,(H,11,12);2*1-2H3. The summed E-state index contributed by atoms with van der Waals surface area (Å²) in [7, 11) is 0. The summed E-state index contributed by atoms with van der Waals surface area (Å²) < 4.78 is 10.3. The summed E-state index contributed by atoms with van der Waals surface area (Å²) in [5.41, 5.74) is 0. The van der Waals surface area contributed by atoms with Crippen LogP contribution in [0.5, 0.6) is 0 Å². The van der Waals surface area contributed by atoms with E-state index in [9.17, 15) is 4.79 Å². The molecule has 112 valence electrons. The van der Waals surface area contributed by atoms with E-state index in [4.69, 9.17) is 9.47 Å². The molecule has 0 aromatic carbocycles. The number of rotatable bonds is 9. The lowest BCUT2D eigenvalue weighted by atomic mass is 10.3. The Morgan fingerprint density at radius 2 is 1.50 bits per heavy atom.